The number of phenolic OH excluding ortho intramolecular Hbond substituents is 1. The smallest absolute Gasteiger partial charge is 0.140 e. The Bertz CT molecular complexity index is 499. The van der Waals surface area contributed by atoms with E-state index in [1.807, 2.05) is 13.0 Å². The Hall–Kier alpha value is -0.740. The highest BCUT2D eigenvalue weighted by Crippen LogP contribution is 2.40. The third-order valence-corrected chi connectivity index (χ3v) is 4.39. The van der Waals surface area contributed by atoms with Gasteiger partial charge in [-0.2, -0.15) is 0 Å². The Labute approximate surface area is 130 Å². The van der Waals surface area contributed by atoms with Crippen molar-refractivity contribution < 1.29 is 5.11 Å². The molecule has 0 radical (unpaired) electrons. The predicted octanol–water partition coefficient (Wildman–Crippen LogP) is 3.61. The minimum Gasteiger partial charge on any atom is -0.506 e. The monoisotopic (exact) mass is 314 g/mol. The van der Waals surface area contributed by atoms with E-state index in [1.54, 1.807) is 6.07 Å². The maximum absolute atomic E-state index is 10.3. The van der Waals surface area contributed by atoms with Gasteiger partial charge in [0.15, 0.2) is 0 Å². The Kier molecular flexibility index (Phi) is 5.33. The fourth-order valence-corrected chi connectivity index (χ4v) is 2.91. The quantitative estimate of drug-likeness (QED) is 0.833. The summed E-state index contributed by atoms with van der Waals surface area (Å²) in [5.41, 5.74) is 1.91. The Morgan fingerprint density at radius 2 is 2.05 bits per heavy atom. The van der Waals surface area contributed by atoms with E-state index in [-0.39, 0.29) is 16.8 Å². The molecule has 2 N–H and O–H groups in total. The van der Waals surface area contributed by atoms with Crippen LogP contribution in [0, 0.1) is 0 Å². The van der Waals surface area contributed by atoms with Gasteiger partial charge in [-0.3, -0.25) is 4.90 Å². The summed E-state index contributed by atoms with van der Waals surface area (Å²) in [6, 6.07) is 3.69. The molecule has 20 heavy (non-hydrogen) atoms. The van der Waals surface area contributed by atoms with Gasteiger partial charge in [0, 0.05) is 37.8 Å². The van der Waals surface area contributed by atoms with Crippen LogP contribution in [0.4, 0.5) is 0 Å². The van der Waals surface area contributed by atoms with Gasteiger partial charge < -0.3 is 10.4 Å². The largest absolute Gasteiger partial charge is 0.506 e. The summed E-state index contributed by atoms with van der Waals surface area (Å²) in [6.07, 6.45) is 0.797. The molecule has 0 spiro atoms. The zero-order chi connectivity index (χ0) is 14.7. The highest BCUT2D eigenvalue weighted by Gasteiger charge is 2.25. The second kappa shape index (κ2) is 6.81. The Morgan fingerprint density at radius 1 is 1.40 bits per heavy atom. The van der Waals surface area contributed by atoms with Crippen molar-refractivity contribution in [3.63, 3.8) is 0 Å². The van der Waals surface area contributed by atoms with E-state index in [4.69, 9.17) is 23.2 Å². The lowest BCUT2D eigenvalue weighted by Gasteiger charge is -2.35. The summed E-state index contributed by atoms with van der Waals surface area (Å²) in [7, 11) is 0. The van der Waals surface area contributed by atoms with Gasteiger partial charge in [0.2, 0.25) is 0 Å². The van der Waals surface area contributed by atoms with Crippen LogP contribution in [-0.2, 0) is 0 Å². The molecule has 1 aromatic rings. The molecule has 1 atom stereocenters. The van der Waals surface area contributed by atoms with Crippen LogP contribution in [0.2, 0.25) is 10.0 Å². The van der Waals surface area contributed by atoms with Crippen LogP contribution >= 0.6 is 23.2 Å². The van der Waals surface area contributed by atoms with Crippen LogP contribution in [0.15, 0.2) is 24.3 Å². The van der Waals surface area contributed by atoms with E-state index in [9.17, 15) is 5.11 Å². The van der Waals surface area contributed by atoms with Crippen molar-refractivity contribution in [1.29, 1.82) is 0 Å². The molecule has 1 fully saturated rings. The normalized spacial score (nSPS) is 17.9. The standard InChI is InChI=1S/C15H20Cl2N2O/c1-10(2)9-13(19-7-5-18-6-8-19)11-3-4-12(16)14(17)15(11)20/h3-4,13,18,20H,1,5-9H2,2H3/t13-/m1/s1. The summed E-state index contributed by atoms with van der Waals surface area (Å²) in [5.74, 6) is 0.0870. The maximum atomic E-state index is 10.3. The van der Waals surface area contributed by atoms with Crippen molar-refractivity contribution >= 4 is 23.2 Å². The minimum atomic E-state index is 0.0870. The van der Waals surface area contributed by atoms with Crippen molar-refractivity contribution in [2.24, 2.45) is 0 Å². The van der Waals surface area contributed by atoms with Gasteiger partial charge in [-0.25, -0.2) is 0 Å². The van der Waals surface area contributed by atoms with Crippen molar-refractivity contribution in [3.05, 3.63) is 39.9 Å². The van der Waals surface area contributed by atoms with Crippen LogP contribution in [0.25, 0.3) is 0 Å². The summed E-state index contributed by atoms with van der Waals surface area (Å²) in [5, 5.41) is 14.2. The first kappa shape index (κ1) is 15.6. The second-order valence-electron chi connectivity index (χ2n) is 5.26. The lowest BCUT2D eigenvalue weighted by molar-refractivity contribution is 0.170. The third kappa shape index (κ3) is 3.47. The third-order valence-electron chi connectivity index (χ3n) is 3.59. The molecule has 110 valence electrons. The number of nitrogens with one attached hydrogen (secondary N) is 1. The van der Waals surface area contributed by atoms with E-state index in [2.05, 4.69) is 16.8 Å². The molecule has 0 saturated carbocycles. The van der Waals surface area contributed by atoms with Crippen molar-refractivity contribution in [2.75, 3.05) is 26.2 Å². The number of hydrogen-bond acceptors (Lipinski definition) is 3. The number of piperazine rings is 1. The number of aromatic hydroxyl groups is 1. The number of phenols is 1. The van der Waals surface area contributed by atoms with E-state index in [1.165, 1.54) is 0 Å². The van der Waals surface area contributed by atoms with Crippen LogP contribution < -0.4 is 5.32 Å². The first-order chi connectivity index (χ1) is 9.50. The average molecular weight is 315 g/mol. The highest BCUT2D eigenvalue weighted by molar-refractivity contribution is 6.43. The molecule has 0 amide bonds. The summed E-state index contributed by atoms with van der Waals surface area (Å²) in [6.45, 7) is 9.80. The molecular weight excluding hydrogens is 295 g/mol. The highest BCUT2D eigenvalue weighted by atomic mass is 35.5. The van der Waals surface area contributed by atoms with Gasteiger partial charge in [-0.1, -0.05) is 34.8 Å². The molecule has 0 bridgehead atoms. The molecule has 0 unspecified atom stereocenters. The van der Waals surface area contributed by atoms with Crippen molar-refractivity contribution in [3.8, 4) is 5.75 Å². The van der Waals surface area contributed by atoms with E-state index < -0.39 is 0 Å². The molecule has 3 nitrogen and oxygen atoms in total. The molecule has 1 saturated heterocycles. The predicted molar refractivity (Wildman–Crippen MR) is 84.7 cm³/mol. The number of rotatable bonds is 4. The number of benzene rings is 1. The summed E-state index contributed by atoms with van der Waals surface area (Å²) < 4.78 is 0. The van der Waals surface area contributed by atoms with Gasteiger partial charge >= 0.3 is 0 Å². The summed E-state index contributed by atoms with van der Waals surface area (Å²) in [4.78, 5) is 2.35. The van der Waals surface area contributed by atoms with Crippen LogP contribution in [-0.4, -0.2) is 36.2 Å². The SMILES string of the molecule is C=C(C)C[C@H](c1ccc(Cl)c(Cl)c1O)N1CCNCC1. The Morgan fingerprint density at radius 3 is 2.65 bits per heavy atom. The van der Waals surface area contributed by atoms with Gasteiger partial charge in [0.05, 0.1) is 5.02 Å². The molecule has 0 aliphatic carbocycles. The van der Waals surface area contributed by atoms with E-state index in [0.29, 0.717) is 5.02 Å². The van der Waals surface area contributed by atoms with Crippen molar-refractivity contribution in [1.82, 2.24) is 10.2 Å². The molecule has 1 aliphatic rings. The zero-order valence-electron chi connectivity index (χ0n) is 11.6. The molecule has 1 aromatic carbocycles. The first-order valence-electron chi connectivity index (χ1n) is 6.76. The lowest BCUT2D eigenvalue weighted by atomic mass is 9.97. The molecule has 5 heteroatoms. The fraction of sp³-hybridized carbons (Fsp3) is 0.467. The van der Waals surface area contributed by atoms with E-state index in [0.717, 1.165) is 43.7 Å². The Balaban J connectivity index is 2.35. The number of hydrogen-bond donors (Lipinski definition) is 2. The van der Waals surface area contributed by atoms with Gasteiger partial charge in [0.1, 0.15) is 10.8 Å². The van der Waals surface area contributed by atoms with Gasteiger partial charge in [-0.05, 0) is 19.4 Å². The minimum absolute atomic E-state index is 0.0870. The molecule has 2 rings (SSSR count). The molecule has 0 aromatic heterocycles. The van der Waals surface area contributed by atoms with Crippen molar-refractivity contribution in [2.45, 2.75) is 19.4 Å². The molecule has 1 heterocycles. The zero-order valence-corrected chi connectivity index (χ0v) is 13.1. The lowest BCUT2D eigenvalue weighted by Crippen LogP contribution is -2.45. The molecular formula is C15H20Cl2N2O. The number of halogens is 2. The second-order valence-corrected chi connectivity index (χ2v) is 6.05. The topological polar surface area (TPSA) is 35.5 Å². The first-order valence-corrected chi connectivity index (χ1v) is 7.52. The average Bonchev–Trinajstić information content (AvgIpc) is 2.44. The number of nitrogens with zero attached hydrogens (tertiary/aromatic N) is 1. The van der Waals surface area contributed by atoms with E-state index >= 15 is 0 Å². The molecule has 1 aliphatic heterocycles. The fourth-order valence-electron chi connectivity index (χ4n) is 2.58. The van der Waals surface area contributed by atoms with Gasteiger partial charge in [0.25, 0.3) is 0 Å². The summed E-state index contributed by atoms with van der Waals surface area (Å²) >= 11 is 12.0. The van der Waals surface area contributed by atoms with Crippen LogP contribution in [0.3, 0.4) is 0 Å². The van der Waals surface area contributed by atoms with Crippen LogP contribution in [0.1, 0.15) is 24.9 Å². The van der Waals surface area contributed by atoms with Gasteiger partial charge in [-0.15, -0.1) is 6.58 Å². The maximum Gasteiger partial charge on any atom is 0.140 e. The van der Waals surface area contributed by atoms with Crippen LogP contribution in [0.5, 0.6) is 5.75 Å².